The molecule has 0 bridgehead atoms. The van der Waals surface area contributed by atoms with E-state index in [4.69, 9.17) is 0 Å². The number of aliphatic carboxylic acids is 1. The Labute approximate surface area is 101 Å². The molecule has 0 spiro atoms. The SMILES string of the molecule is CCC(C(=O)[O-])C(=O)c1ccccc1C(F)(F)F. The first kappa shape index (κ1) is 14.2. The summed E-state index contributed by atoms with van der Waals surface area (Å²) in [5, 5.41) is 10.7. The number of alkyl halides is 3. The van der Waals surface area contributed by atoms with Gasteiger partial charge >= 0.3 is 6.18 Å². The Hall–Kier alpha value is -1.85. The van der Waals surface area contributed by atoms with Crippen LogP contribution in [0.5, 0.6) is 0 Å². The molecule has 0 N–H and O–H groups in total. The molecule has 0 radical (unpaired) electrons. The fourth-order valence-corrected chi connectivity index (χ4v) is 1.59. The number of carboxylic acid groups (broad SMARTS) is 1. The normalized spacial score (nSPS) is 13.1. The Kier molecular flexibility index (Phi) is 4.11. The van der Waals surface area contributed by atoms with E-state index < -0.39 is 35.0 Å². The summed E-state index contributed by atoms with van der Waals surface area (Å²) in [7, 11) is 0. The van der Waals surface area contributed by atoms with E-state index in [-0.39, 0.29) is 6.42 Å². The summed E-state index contributed by atoms with van der Waals surface area (Å²) in [6.07, 6.45) is -4.82. The second-order valence-electron chi connectivity index (χ2n) is 3.69. The van der Waals surface area contributed by atoms with Crippen LogP contribution in [0.2, 0.25) is 0 Å². The molecule has 0 fully saturated rings. The smallest absolute Gasteiger partial charge is 0.417 e. The largest absolute Gasteiger partial charge is 0.549 e. The van der Waals surface area contributed by atoms with E-state index in [0.717, 1.165) is 18.2 Å². The van der Waals surface area contributed by atoms with E-state index in [2.05, 4.69) is 0 Å². The zero-order valence-corrected chi connectivity index (χ0v) is 9.45. The molecule has 0 saturated heterocycles. The molecule has 98 valence electrons. The third-order valence-electron chi connectivity index (χ3n) is 2.51. The summed E-state index contributed by atoms with van der Waals surface area (Å²) in [6, 6.07) is 4.11. The van der Waals surface area contributed by atoms with Gasteiger partial charge in [-0.25, -0.2) is 0 Å². The first-order valence-electron chi connectivity index (χ1n) is 5.20. The van der Waals surface area contributed by atoms with Crippen LogP contribution in [0, 0.1) is 5.92 Å². The standard InChI is InChI=1S/C12H11F3O3/c1-2-7(11(17)18)10(16)8-5-3-4-6-9(8)12(13,14)15/h3-7H,2H2,1H3,(H,17,18)/p-1. The van der Waals surface area contributed by atoms with Crippen LogP contribution < -0.4 is 5.11 Å². The highest BCUT2D eigenvalue weighted by atomic mass is 19.4. The summed E-state index contributed by atoms with van der Waals surface area (Å²) < 4.78 is 38.0. The van der Waals surface area contributed by atoms with Gasteiger partial charge < -0.3 is 9.90 Å². The lowest BCUT2D eigenvalue weighted by molar-refractivity contribution is -0.309. The molecular formula is C12H10F3O3-. The van der Waals surface area contributed by atoms with Gasteiger partial charge in [0, 0.05) is 5.56 Å². The van der Waals surface area contributed by atoms with Gasteiger partial charge in [-0.1, -0.05) is 25.1 Å². The zero-order valence-electron chi connectivity index (χ0n) is 9.45. The van der Waals surface area contributed by atoms with Crippen LogP contribution in [-0.2, 0) is 11.0 Å². The number of carbonyl (C=O) groups excluding carboxylic acids is 2. The quantitative estimate of drug-likeness (QED) is 0.610. The van der Waals surface area contributed by atoms with Crippen LogP contribution in [0.15, 0.2) is 24.3 Å². The van der Waals surface area contributed by atoms with Gasteiger partial charge in [-0.2, -0.15) is 13.2 Å². The number of carbonyl (C=O) groups is 2. The van der Waals surface area contributed by atoms with Crippen molar-refractivity contribution < 1.29 is 27.9 Å². The third-order valence-corrected chi connectivity index (χ3v) is 2.51. The molecular weight excluding hydrogens is 249 g/mol. The monoisotopic (exact) mass is 259 g/mol. The van der Waals surface area contributed by atoms with Crippen molar-refractivity contribution in [2.75, 3.05) is 0 Å². The van der Waals surface area contributed by atoms with E-state index >= 15 is 0 Å². The molecule has 0 saturated carbocycles. The second-order valence-corrected chi connectivity index (χ2v) is 3.69. The van der Waals surface area contributed by atoms with Crippen LogP contribution in [0.25, 0.3) is 0 Å². The number of halogens is 3. The number of Topliss-reactive ketones (excluding diaryl/α,β-unsaturated/α-hetero) is 1. The summed E-state index contributed by atoms with van der Waals surface area (Å²) in [6.45, 7) is 1.40. The molecule has 0 aliphatic heterocycles. The van der Waals surface area contributed by atoms with Gasteiger partial charge in [0.15, 0.2) is 5.78 Å². The van der Waals surface area contributed by atoms with Crippen molar-refractivity contribution in [3.05, 3.63) is 35.4 Å². The Morgan fingerprint density at radius 2 is 1.83 bits per heavy atom. The maximum atomic E-state index is 12.7. The molecule has 6 heteroatoms. The molecule has 1 atom stereocenters. The fourth-order valence-electron chi connectivity index (χ4n) is 1.59. The number of hydrogen-bond acceptors (Lipinski definition) is 3. The van der Waals surface area contributed by atoms with E-state index in [9.17, 15) is 27.9 Å². The maximum Gasteiger partial charge on any atom is 0.417 e. The average molecular weight is 259 g/mol. The van der Waals surface area contributed by atoms with Crippen molar-refractivity contribution in [3.8, 4) is 0 Å². The second kappa shape index (κ2) is 5.20. The maximum absolute atomic E-state index is 12.7. The van der Waals surface area contributed by atoms with E-state index in [1.165, 1.54) is 13.0 Å². The van der Waals surface area contributed by atoms with E-state index in [1.54, 1.807) is 0 Å². The van der Waals surface area contributed by atoms with E-state index in [1.807, 2.05) is 0 Å². The lowest BCUT2D eigenvalue weighted by atomic mass is 9.92. The van der Waals surface area contributed by atoms with Gasteiger partial charge in [0.1, 0.15) is 0 Å². The minimum Gasteiger partial charge on any atom is -0.549 e. The molecule has 1 rings (SSSR count). The van der Waals surface area contributed by atoms with Gasteiger partial charge in [0.25, 0.3) is 0 Å². The van der Waals surface area contributed by atoms with Crippen LogP contribution in [-0.4, -0.2) is 11.8 Å². The van der Waals surface area contributed by atoms with Gasteiger partial charge in [0.05, 0.1) is 17.5 Å². The highest BCUT2D eigenvalue weighted by molar-refractivity contribution is 6.08. The van der Waals surface area contributed by atoms with Crippen LogP contribution in [0.4, 0.5) is 13.2 Å². The lowest BCUT2D eigenvalue weighted by Gasteiger charge is -2.18. The van der Waals surface area contributed by atoms with E-state index in [0.29, 0.717) is 0 Å². The topological polar surface area (TPSA) is 57.2 Å². The summed E-state index contributed by atoms with van der Waals surface area (Å²) in [4.78, 5) is 22.5. The summed E-state index contributed by atoms with van der Waals surface area (Å²) in [5.41, 5.74) is -1.77. The number of hydrogen-bond donors (Lipinski definition) is 0. The van der Waals surface area contributed by atoms with Crippen LogP contribution >= 0.6 is 0 Å². The molecule has 0 aromatic heterocycles. The molecule has 1 aromatic carbocycles. The molecule has 0 heterocycles. The van der Waals surface area contributed by atoms with Crippen LogP contribution in [0.3, 0.4) is 0 Å². The van der Waals surface area contributed by atoms with Crippen LogP contribution in [0.1, 0.15) is 29.3 Å². The highest BCUT2D eigenvalue weighted by Crippen LogP contribution is 2.33. The Morgan fingerprint density at radius 1 is 1.28 bits per heavy atom. The molecule has 18 heavy (non-hydrogen) atoms. The highest BCUT2D eigenvalue weighted by Gasteiger charge is 2.36. The van der Waals surface area contributed by atoms with Crippen molar-refractivity contribution in [3.63, 3.8) is 0 Å². The number of ketones is 1. The van der Waals surface area contributed by atoms with Gasteiger partial charge in [0.2, 0.25) is 0 Å². The van der Waals surface area contributed by atoms with Gasteiger partial charge in [-0.3, -0.25) is 4.79 Å². The molecule has 1 aromatic rings. The Morgan fingerprint density at radius 3 is 2.28 bits per heavy atom. The first-order chi connectivity index (χ1) is 8.29. The lowest BCUT2D eigenvalue weighted by Crippen LogP contribution is -2.36. The number of carboxylic acids is 1. The predicted molar refractivity (Wildman–Crippen MR) is 54.6 cm³/mol. The molecule has 0 aliphatic rings. The molecule has 0 aliphatic carbocycles. The summed E-state index contributed by atoms with van der Waals surface area (Å²) in [5.74, 6) is -4.31. The summed E-state index contributed by atoms with van der Waals surface area (Å²) >= 11 is 0. The predicted octanol–water partition coefficient (Wildman–Crippen LogP) is 1.66. The van der Waals surface area contributed by atoms with Crippen molar-refractivity contribution in [2.24, 2.45) is 5.92 Å². The minimum absolute atomic E-state index is 0.118. The number of benzene rings is 1. The first-order valence-corrected chi connectivity index (χ1v) is 5.20. The fraction of sp³-hybridized carbons (Fsp3) is 0.333. The van der Waals surface area contributed by atoms with Crippen molar-refractivity contribution in [2.45, 2.75) is 19.5 Å². The van der Waals surface area contributed by atoms with Gasteiger partial charge in [-0.15, -0.1) is 0 Å². The molecule has 3 nitrogen and oxygen atoms in total. The minimum atomic E-state index is -4.70. The molecule has 1 unspecified atom stereocenters. The Balaban J connectivity index is 3.25. The van der Waals surface area contributed by atoms with Crippen molar-refractivity contribution >= 4 is 11.8 Å². The molecule has 0 amide bonds. The zero-order chi connectivity index (χ0) is 13.9. The van der Waals surface area contributed by atoms with Crippen molar-refractivity contribution in [1.29, 1.82) is 0 Å². The van der Waals surface area contributed by atoms with Crippen molar-refractivity contribution in [1.82, 2.24) is 0 Å². The average Bonchev–Trinajstić information content (AvgIpc) is 2.28. The number of rotatable bonds is 4. The Bertz CT molecular complexity index is 466. The van der Waals surface area contributed by atoms with Gasteiger partial charge in [-0.05, 0) is 12.5 Å². The third kappa shape index (κ3) is 2.88.